The summed E-state index contributed by atoms with van der Waals surface area (Å²) in [5, 5.41) is 5.71. The number of halogens is 1. The molecule has 1 N–H and O–H groups in total. The van der Waals surface area contributed by atoms with Crippen molar-refractivity contribution in [2.24, 2.45) is 0 Å². The van der Waals surface area contributed by atoms with Crippen LogP contribution < -0.4 is 15.0 Å². The summed E-state index contributed by atoms with van der Waals surface area (Å²) in [5.41, 5.74) is 1.35. The first-order chi connectivity index (χ1) is 16.0. The molecule has 2 aromatic carbocycles. The number of nitrogens with zero attached hydrogens (tertiary/aromatic N) is 1. The molecule has 0 bridgehead atoms. The third-order valence-corrected chi connectivity index (χ3v) is 7.05. The number of amides is 2. The van der Waals surface area contributed by atoms with E-state index in [9.17, 15) is 9.59 Å². The highest BCUT2D eigenvalue weighted by atomic mass is 35.5. The van der Waals surface area contributed by atoms with Gasteiger partial charge in [-0.05, 0) is 66.2 Å². The highest BCUT2D eigenvalue weighted by molar-refractivity contribution is 7.10. The maximum Gasteiger partial charge on any atom is 0.248 e. The van der Waals surface area contributed by atoms with Crippen LogP contribution in [0.1, 0.15) is 42.2 Å². The summed E-state index contributed by atoms with van der Waals surface area (Å²) in [6, 6.07) is 17.6. The summed E-state index contributed by atoms with van der Waals surface area (Å²) in [5.74, 6) is 0.361. The van der Waals surface area contributed by atoms with Crippen molar-refractivity contribution < 1.29 is 14.3 Å². The number of benzene rings is 2. The summed E-state index contributed by atoms with van der Waals surface area (Å²) >= 11 is 7.65. The van der Waals surface area contributed by atoms with Gasteiger partial charge in [0.15, 0.2) is 0 Å². The molecule has 1 atom stereocenters. The van der Waals surface area contributed by atoms with Gasteiger partial charge in [0.2, 0.25) is 11.8 Å². The molecule has 0 radical (unpaired) electrons. The van der Waals surface area contributed by atoms with Gasteiger partial charge in [0.05, 0.1) is 13.5 Å². The van der Waals surface area contributed by atoms with Crippen LogP contribution in [0.3, 0.4) is 0 Å². The molecule has 1 fully saturated rings. The van der Waals surface area contributed by atoms with Crippen LogP contribution in [0.5, 0.6) is 5.75 Å². The van der Waals surface area contributed by atoms with E-state index in [1.54, 1.807) is 36.3 Å². The van der Waals surface area contributed by atoms with Crippen LogP contribution in [-0.2, 0) is 16.0 Å². The number of thiophene rings is 1. The van der Waals surface area contributed by atoms with Gasteiger partial charge in [-0.1, -0.05) is 42.6 Å². The average Bonchev–Trinajstić information content (AvgIpc) is 3.53. The van der Waals surface area contributed by atoms with Gasteiger partial charge >= 0.3 is 0 Å². The van der Waals surface area contributed by atoms with Gasteiger partial charge in [-0.2, -0.15) is 0 Å². The quantitative estimate of drug-likeness (QED) is 0.442. The Morgan fingerprint density at radius 1 is 1.09 bits per heavy atom. The fraction of sp³-hybridized carbons (Fsp3) is 0.308. The van der Waals surface area contributed by atoms with E-state index in [1.807, 2.05) is 41.8 Å². The fourth-order valence-corrected chi connectivity index (χ4v) is 5.06. The Balaban J connectivity index is 1.75. The normalized spacial score (nSPS) is 14.6. The molecule has 2 amide bonds. The van der Waals surface area contributed by atoms with Crippen molar-refractivity contribution in [3.8, 4) is 5.75 Å². The van der Waals surface area contributed by atoms with Gasteiger partial charge in [-0.25, -0.2) is 0 Å². The molecule has 1 aromatic heterocycles. The van der Waals surface area contributed by atoms with Crippen molar-refractivity contribution in [1.82, 2.24) is 5.32 Å². The van der Waals surface area contributed by atoms with Crippen molar-refractivity contribution in [2.45, 2.75) is 44.2 Å². The van der Waals surface area contributed by atoms with E-state index in [0.29, 0.717) is 16.5 Å². The Kier molecular flexibility index (Phi) is 7.68. The third kappa shape index (κ3) is 5.75. The first-order valence-corrected chi connectivity index (χ1v) is 12.4. The number of hydrogen-bond donors (Lipinski definition) is 1. The molecule has 7 heteroatoms. The largest absolute Gasteiger partial charge is 0.497 e. The van der Waals surface area contributed by atoms with Crippen molar-refractivity contribution >= 4 is 40.4 Å². The van der Waals surface area contributed by atoms with E-state index in [0.717, 1.165) is 36.1 Å². The number of nitrogens with one attached hydrogen (secondary N) is 1. The first kappa shape index (κ1) is 23.3. The molecule has 33 heavy (non-hydrogen) atoms. The summed E-state index contributed by atoms with van der Waals surface area (Å²) < 4.78 is 5.30. The summed E-state index contributed by atoms with van der Waals surface area (Å²) in [4.78, 5) is 29.9. The minimum absolute atomic E-state index is 0.137. The van der Waals surface area contributed by atoms with Gasteiger partial charge in [-0.15, -0.1) is 11.3 Å². The SMILES string of the molecule is COc1ccc(C(C(=O)NC2CCCC2)N(C(=O)Cc2cccs2)c2ccc(Cl)cc2)cc1. The second kappa shape index (κ2) is 10.9. The molecule has 0 saturated heterocycles. The van der Waals surface area contributed by atoms with Gasteiger partial charge in [0.1, 0.15) is 11.8 Å². The highest BCUT2D eigenvalue weighted by Crippen LogP contribution is 2.32. The molecule has 5 nitrogen and oxygen atoms in total. The predicted octanol–water partition coefficient (Wildman–Crippen LogP) is 5.79. The van der Waals surface area contributed by atoms with Crippen LogP contribution in [0.25, 0.3) is 0 Å². The predicted molar refractivity (Wildman–Crippen MR) is 133 cm³/mol. The summed E-state index contributed by atoms with van der Waals surface area (Å²) in [6.45, 7) is 0. The molecule has 1 aliphatic rings. The third-order valence-electron chi connectivity index (χ3n) is 5.92. The van der Waals surface area contributed by atoms with Gasteiger partial charge in [-0.3, -0.25) is 14.5 Å². The number of hydrogen-bond acceptors (Lipinski definition) is 4. The molecule has 1 saturated carbocycles. The molecular formula is C26H27ClN2O3S. The Bertz CT molecular complexity index is 1060. The van der Waals surface area contributed by atoms with Crippen molar-refractivity contribution in [2.75, 3.05) is 12.0 Å². The summed E-state index contributed by atoms with van der Waals surface area (Å²) in [7, 11) is 1.60. The molecule has 0 aliphatic heterocycles. The average molecular weight is 483 g/mol. The van der Waals surface area contributed by atoms with Crippen LogP contribution in [0.15, 0.2) is 66.0 Å². The van der Waals surface area contributed by atoms with E-state index < -0.39 is 6.04 Å². The molecular weight excluding hydrogens is 456 g/mol. The van der Waals surface area contributed by atoms with Crippen LogP contribution in [0.2, 0.25) is 5.02 Å². The number of methoxy groups -OCH3 is 1. The maximum atomic E-state index is 13.7. The Morgan fingerprint density at radius 2 is 1.79 bits per heavy atom. The van der Waals surface area contributed by atoms with Crippen LogP contribution in [0, 0.1) is 0 Å². The number of carbonyl (C=O) groups excluding carboxylic acids is 2. The lowest BCUT2D eigenvalue weighted by Crippen LogP contribution is -2.46. The maximum absolute atomic E-state index is 13.7. The van der Waals surface area contributed by atoms with E-state index in [2.05, 4.69) is 5.32 Å². The topological polar surface area (TPSA) is 58.6 Å². The lowest BCUT2D eigenvalue weighted by Gasteiger charge is -2.32. The first-order valence-electron chi connectivity index (χ1n) is 11.1. The second-order valence-corrected chi connectivity index (χ2v) is 9.63. The lowest BCUT2D eigenvalue weighted by molar-refractivity contribution is -0.127. The monoisotopic (exact) mass is 482 g/mol. The molecule has 1 heterocycles. The molecule has 0 spiro atoms. The lowest BCUT2D eigenvalue weighted by atomic mass is 10.0. The van der Waals surface area contributed by atoms with Gasteiger partial charge in [0, 0.05) is 21.6 Å². The Hall–Kier alpha value is -2.83. The summed E-state index contributed by atoms with van der Waals surface area (Å²) in [6.07, 6.45) is 4.35. The van der Waals surface area contributed by atoms with E-state index in [-0.39, 0.29) is 24.3 Å². The molecule has 1 aliphatic carbocycles. The number of rotatable bonds is 8. The molecule has 172 valence electrons. The zero-order valence-electron chi connectivity index (χ0n) is 18.5. The zero-order chi connectivity index (χ0) is 23.2. The van der Waals surface area contributed by atoms with E-state index in [1.165, 1.54) is 11.3 Å². The van der Waals surface area contributed by atoms with Crippen LogP contribution >= 0.6 is 22.9 Å². The standard InChI is InChI=1S/C26H27ClN2O3S/c1-32-22-14-8-18(9-15-22)25(26(31)28-20-5-2-3-6-20)29(21-12-10-19(27)11-13-21)24(30)17-23-7-4-16-33-23/h4,7-16,20,25H,2-3,5-6,17H2,1H3,(H,28,31). The van der Waals surface area contributed by atoms with Crippen molar-refractivity contribution in [3.05, 3.63) is 81.5 Å². The smallest absolute Gasteiger partial charge is 0.248 e. The van der Waals surface area contributed by atoms with Gasteiger partial charge in [0.25, 0.3) is 0 Å². The number of carbonyl (C=O) groups is 2. The fourth-order valence-electron chi connectivity index (χ4n) is 4.24. The Labute approximate surface area is 203 Å². The molecule has 3 aromatic rings. The molecule has 4 rings (SSSR count). The minimum Gasteiger partial charge on any atom is -0.497 e. The van der Waals surface area contributed by atoms with Crippen LogP contribution in [0.4, 0.5) is 5.69 Å². The highest BCUT2D eigenvalue weighted by Gasteiger charge is 2.34. The van der Waals surface area contributed by atoms with Crippen molar-refractivity contribution in [3.63, 3.8) is 0 Å². The molecule has 1 unspecified atom stereocenters. The zero-order valence-corrected chi connectivity index (χ0v) is 20.1. The van der Waals surface area contributed by atoms with E-state index >= 15 is 0 Å². The minimum atomic E-state index is -0.815. The van der Waals surface area contributed by atoms with Crippen LogP contribution in [-0.4, -0.2) is 25.0 Å². The van der Waals surface area contributed by atoms with Crippen molar-refractivity contribution in [1.29, 1.82) is 0 Å². The Morgan fingerprint density at radius 3 is 2.39 bits per heavy atom. The van der Waals surface area contributed by atoms with E-state index in [4.69, 9.17) is 16.3 Å². The second-order valence-electron chi connectivity index (χ2n) is 8.16. The number of anilines is 1. The number of ether oxygens (including phenoxy) is 1. The van der Waals surface area contributed by atoms with Gasteiger partial charge < -0.3 is 10.1 Å².